The van der Waals surface area contributed by atoms with Crippen molar-refractivity contribution in [3.8, 4) is 5.69 Å². The number of carboxylic acid groups (broad SMARTS) is 1. The Morgan fingerprint density at radius 3 is 2.63 bits per heavy atom. The van der Waals surface area contributed by atoms with Gasteiger partial charge in [-0.05, 0) is 56.0 Å². The minimum atomic E-state index is -0.779. The maximum absolute atomic E-state index is 10.6. The molecule has 0 spiro atoms. The summed E-state index contributed by atoms with van der Waals surface area (Å²) in [5.74, 6) is -0.779. The van der Waals surface area contributed by atoms with Gasteiger partial charge in [-0.25, -0.2) is 4.68 Å². The van der Waals surface area contributed by atoms with Crippen LogP contribution in [0.5, 0.6) is 0 Å². The smallest absolute Gasteiger partial charge is 0.303 e. The summed E-state index contributed by atoms with van der Waals surface area (Å²) in [6, 6.07) is 6.18. The van der Waals surface area contributed by atoms with Crippen LogP contribution in [-0.4, -0.2) is 20.9 Å². The molecule has 0 fully saturated rings. The van der Waals surface area contributed by atoms with Gasteiger partial charge >= 0.3 is 5.97 Å². The second-order valence-electron chi connectivity index (χ2n) is 4.85. The first-order valence-electron chi connectivity index (χ1n) is 6.32. The molecule has 0 aliphatic heterocycles. The van der Waals surface area contributed by atoms with E-state index in [0.29, 0.717) is 6.42 Å². The molecule has 0 saturated heterocycles. The van der Waals surface area contributed by atoms with Crippen LogP contribution >= 0.6 is 0 Å². The summed E-state index contributed by atoms with van der Waals surface area (Å²) in [7, 11) is 0. The lowest BCUT2D eigenvalue weighted by Gasteiger charge is -2.04. The molecule has 2 rings (SSSR count). The predicted molar refractivity (Wildman–Crippen MR) is 73.7 cm³/mol. The summed E-state index contributed by atoms with van der Waals surface area (Å²) >= 11 is 0. The Balaban J connectivity index is 2.28. The number of carbonyl (C=O) groups is 1. The van der Waals surface area contributed by atoms with Gasteiger partial charge in [-0.1, -0.05) is 6.07 Å². The standard InChI is InChI=1S/C15H18N2O2/c1-10-4-6-14(8-11(10)2)17-9-13(12(3)16-17)5-7-15(18)19/h4,6,8-9H,5,7H2,1-3H3,(H,18,19). The first-order chi connectivity index (χ1) is 8.97. The first-order valence-corrected chi connectivity index (χ1v) is 6.32. The molecule has 0 aliphatic carbocycles. The van der Waals surface area contributed by atoms with Crippen molar-refractivity contribution in [3.05, 3.63) is 46.8 Å². The van der Waals surface area contributed by atoms with Gasteiger partial charge in [-0.3, -0.25) is 4.79 Å². The summed E-state index contributed by atoms with van der Waals surface area (Å²) in [5.41, 5.74) is 5.35. The molecule has 4 nitrogen and oxygen atoms in total. The second-order valence-corrected chi connectivity index (χ2v) is 4.85. The average Bonchev–Trinajstić information content (AvgIpc) is 2.71. The highest BCUT2D eigenvalue weighted by molar-refractivity contribution is 5.67. The molecule has 1 aromatic heterocycles. The molecule has 100 valence electrons. The average molecular weight is 258 g/mol. The fraction of sp³-hybridized carbons (Fsp3) is 0.333. The molecule has 1 N–H and O–H groups in total. The summed E-state index contributed by atoms with van der Waals surface area (Å²) < 4.78 is 1.82. The van der Waals surface area contributed by atoms with Gasteiger partial charge in [-0.2, -0.15) is 5.10 Å². The quantitative estimate of drug-likeness (QED) is 0.917. The monoisotopic (exact) mass is 258 g/mol. The Hall–Kier alpha value is -2.10. The third kappa shape index (κ3) is 3.02. The molecule has 4 heteroatoms. The van der Waals surface area contributed by atoms with E-state index in [2.05, 4.69) is 31.1 Å². The topological polar surface area (TPSA) is 55.1 Å². The van der Waals surface area contributed by atoms with Gasteiger partial charge in [0.1, 0.15) is 0 Å². The Labute approximate surface area is 112 Å². The maximum Gasteiger partial charge on any atom is 0.303 e. The highest BCUT2D eigenvalue weighted by atomic mass is 16.4. The van der Waals surface area contributed by atoms with E-state index in [1.807, 2.05) is 23.9 Å². The number of nitrogens with zero attached hydrogens (tertiary/aromatic N) is 2. The van der Waals surface area contributed by atoms with Crippen LogP contribution in [0.4, 0.5) is 0 Å². The van der Waals surface area contributed by atoms with Crippen molar-refractivity contribution in [1.82, 2.24) is 9.78 Å². The van der Waals surface area contributed by atoms with Crippen molar-refractivity contribution < 1.29 is 9.90 Å². The first kappa shape index (κ1) is 13.3. The van der Waals surface area contributed by atoms with Crippen molar-refractivity contribution in [1.29, 1.82) is 0 Å². The van der Waals surface area contributed by atoms with Gasteiger partial charge in [0.05, 0.1) is 11.4 Å². The zero-order valence-electron chi connectivity index (χ0n) is 11.5. The lowest BCUT2D eigenvalue weighted by atomic mass is 10.1. The molecule has 0 bridgehead atoms. The number of hydrogen-bond donors (Lipinski definition) is 1. The van der Waals surface area contributed by atoms with Gasteiger partial charge in [0.2, 0.25) is 0 Å². The van der Waals surface area contributed by atoms with Crippen molar-refractivity contribution in [2.24, 2.45) is 0 Å². The fourth-order valence-electron chi connectivity index (χ4n) is 1.98. The van der Waals surface area contributed by atoms with Gasteiger partial charge < -0.3 is 5.11 Å². The van der Waals surface area contributed by atoms with Crippen LogP contribution in [0.15, 0.2) is 24.4 Å². The van der Waals surface area contributed by atoms with Crippen molar-refractivity contribution >= 4 is 5.97 Å². The number of carboxylic acids is 1. The van der Waals surface area contributed by atoms with Crippen LogP contribution < -0.4 is 0 Å². The molecule has 0 aliphatic rings. The molecule has 19 heavy (non-hydrogen) atoms. The zero-order chi connectivity index (χ0) is 14.0. The lowest BCUT2D eigenvalue weighted by molar-refractivity contribution is -0.136. The van der Waals surface area contributed by atoms with Crippen LogP contribution in [0.25, 0.3) is 5.69 Å². The van der Waals surface area contributed by atoms with E-state index in [0.717, 1.165) is 16.9 Å². The molecule has 0 radical (unpaired) electrons. The van der Waals surface area contributed by atoms with Crippen molar-refractivity contribution in [2.45, 2.75) is 33.6 Å². The molecule has 0 amide bonds. The molecule has 1 heterocycles. The number of benzene rings is 1. The number of aryl methyl sites for hydroxylation is 4. The Morgan fingerprint density at radius 2 is 2.00 bits per heavy atom. The molecule has 0 unspecified atom stereocenters. The Kier molecular flexibility index (Phi) is 3.69. The normalized spacial score (nSPS) is 10.7. The molecule has 2 aromatic rings. The van der Waals surface area contributed by atoms with E-state index in [1.54, 1.807) is 0 Å². The van der Waals surface area contributed by atoms with Gasteiger partial charge in [0, 0.05) is 12.6 Å². The summed E-state index contributed by atoms with van der Waals surface area (Å²) in [6.45, 7) is 6.06. The third-order valence-electron chi connectivity index (χ3n) is 3.36. The minimum Gasteiger partial charge on any atom is -0.481 e. The summed E-state index contributed by atoms with van der Waals surface area (Å²) in [4.78, 5) is 10.6. The third-order valence-corrected chi connectivity index (χ3v) is 3.36. The Bertz CT molecular complexity index is 615. The summed E-state index contributed by atoms with van der Waals surface area (Å²) in [5, 5.41) is 13.2. The zero-order valence-corrected chi connectivity index (χ0v) is 11.5. The highest BCUT2D eigenvalue weighted by Gasteiger charge is 2.08. The van der Waals surface area contributed by atoms with E-state index in [1.165, 1.54) is 11.1 Å². The fourth-order valence-corrected chi connectivity index (χ4v) is 1.98. The van der Waals surface area contributed by atoms with E-state index in [9.17, 15) is 4.79 Å². The van der Waals surface area contributed by atoms with Gasteiger partial charge in [0.25, 0.3) is 0 Å². The van der Waals surface area contributed by atoms with E-state index in [-0.39, 0.29) is 6.42 Å². The number of aromatic nitrogens is 2. The van der Waals surface area contributed by atoms with Crippen LogP contribution in [-0.2, 0) is 11.2 Å². The predicted octanol–water partition coefficient (Wildman–Crippen LogP) is 2.81. The molecular weight excluding hydrogens is 240 g/mol. The van der Waals surface area contributed by atoms with Gasteiger partial charge in [0.15, 0.2) is 0 Å². The van der Waals surface area contributed by atoms with Crippen molar-refractivity contribution in [2.75, 3.05) is 0 Å². The molecule has 1 aromatic carbocycles. The molecule has 0 atom stereocenters. The van der Waals surface area contributed by atoms with E-state index < -0.39 is 5.97 Å². The van der Waals surface area contributed by atoms with Crippen LogP contribution in [0, 0.1) is 20.8 Å². The lowest BCUT2D eigenvalue weighted by Crippen LogP contribution is -1.97. The summed E-state index contributed by atoms with van der Waals surface area (Å²) in [6.07, 6.45) is 2.58. The van der Waals surface area contributed by atoms with E-state index in [4.69, 9.17) is 5.11 Å². The molecular formula is C15H18N2O2. The van der Waals surface area contributed by atoms with E-state index >= 15 is 0 Å². The second kappa shape index (κ2) is 5.26. The van der Waals surface area contributed by atoms with Crippen LogP contribution in [0.1, 0.15) is 28.8 Å². The number of aliphatic carboxylic acids is 1. The van der Waals surface area contributed by atoms with Gasteiger partial charge in [-0.15, -0.1) is 0 Å². The minimum absolute atomic E-state index is 0.138. The van der Waals surface area contributed by atoms with Crippen molar-refractivity contribution in [3.63, 3.8) is 0 Å². The maximum atomic E-state index is 10.6. The highest BCUT2D eigenvalue weighted by Crippen LogP contribution is 2.16. The van der Waals surface area contributed by atoms with Crippen LogP contribution in [0.3, 0.4) is 0 Å². The number of hydrogen-bond acceptors (Lipinski definition) is 2. The SMILES string of the molecule is Cc1ccc(-n2cc(CCC(=O)O)c(C)n2)cc1C. The molecule has 0 saturated carbocycles. The largest absolute Gasteiger partial charge is 0.481 e. The Morgan fingerprint density at radius 1 is 1.26 bits per heavy atom. The van der Waals surface area contributed by atoms with Crippen LogP contribution in [0.2, 0.25) is 0 Å². The number of rotatable bonds is 4.